The van der Waals surface area contributed by atoms with Crippen LogP contribution in [-0.4, -0.2) is 29.4 Å². The van der Waals surface area contributed by atoms with Gasteiger partial charge in [-0.15, -0.1) is 16.6 Å². The Hall–Kier alpha value is -0.974. The van der Waals surface area contributed by atoms with Crippen LogP contribution in [0, 0.1) is 18.2 Å². The summed E-state index contributed by atoms with van der Waals surface area (Å²) in [6, 6.07) is 10.2. The smallest absolute Gasteiger partial charge is 1.00 e. The molecule has 0 spiro atoms. The third-order valence-electron chi connectivity index (χ3n) is 3.69. The monoisotopic (exact) mass is 337 g/mol. The van der Waals surface area contributed by atoms with Crippen LogP contribution in [-0.2, 0) is 0 Å². The molecule has 2 heterocycles. The van der Waals surface area contributed by atoms with Crippen LogP contribution in [0.4, 0.5) is 10.2 Å². The van der Waals surface area contributed by atoms with E-state index in [9.17, 15) is 4.39 Å². The summed E-state index contributed by atoms with van der Waals surface area (Å²) in [5, 5.41) is 8.09. The molecule has 0 bridgehead atoms. The minimum absolute atomic E-state index is 0. The van der Waals surface area contributed by atoms with E-state index in [2.05, 4.69) is 21.0 Å². The van der Waals surface area contributed by atoms with Gasteiger partial charge < -0.3 is 11.1 Å². The molecule has 0 aliphatic carbocycles. The summed E-state index contributed by atoms with van der Waals surface area (Å²) >= 11 is 0. The second-order valence-electron chi connectivity index (χ2n) is 5.16. The summed E-state index contributed by atoms with van der Waals surface area (Å²) in [5.41, 5.74) is 0.529. The largest absolute Gasteiger partial charge is 1.00 e. The van der Waals surface area contributed by atoms with Crippen molar-refractivity contribution < 1.29 is 61.9 Å². The first-order valence-corrected chi connectivity index (χ1v) is 7.23. The third-order valence-corrected chi connectivity index (χ3v) is 3.69. The number of rotatable bonds is 3. The van der Waals surface area contributed by atoms with Gasteiger partial charge in [0.1, 0.15) is 11.8 Å². The van der Waals surface area contributed by atoms with Crippen molar-refractivity contribution in [2.75, 3.05) is 18.0 Å². The van der Waals surface area contributed by atoms with Gasteiger partial charge in [-0.3, -0.25) is 0 Å². The van der Waals surface area contributed by atoms with Crippen LogP contribution in [0.5, 0.6) is 5.75 Å². The number of hydrogen-bond donors (Lipinski definition) is 0. The van der Waals surface area contributed by atoms with Crippen molar-refractivity contribution in [1.82, 2.24) is 10.2 Å². The standard InChI is InChI=1S/C17H16FN3O.K.H/c1-2-13-7-8-17(20-19-13)21-11-9-14(10-12-21)22-16-6-4-3-5-15(16)18;;/h1,3-8,14H,9-12H2;;/q;+1;-1. The number of terminal acetylenes is 1. The number of anilines is 1. The first kappa shape index (κ1) is 18.4. The minimum Gasteiger partial charge on any atom is -1.00 e. The normalized spacial score (nSPS) is 14.7. The van der Waals surface area contributed by atoms with E-state index in [0.29, 0.717) is 11.4 Å². The molecule has 0 amide bonds. The van der Waals surface area contributed by atoms with Crippen LogP contribution in [0.3, 0.4) is 0 Å². The van der Waals surface area contributed by atoms with E-state index in [-0.39, 0.29) is 64.7 Å². The Morgan fingerprint density at radius 2 is 1.91 bits per heavy atom. The summed E-state index contributed by atoms with van der Waals surface area (Å²) in [7, 11) is 0. The maximum Gasteiger partial charge on any atom is 1.00 e. The first-order chi connectivity index (χ1) is 10.8. The van der Waals surface area contributed by atoms with Crippen molar-refractivity contribution >= 4 is 5.82 Å². The summed E-state index contributed by atoms with van der Waals surface area (Å²) < 4.78 is 19.3. The fraction of sp³-hybridized carbons (Fsp3) is 0.294. The van der Waals surface area contributed by atoms with Gasteiger partial charge in [-0.05, 0) is 30.2 Å². The molecule has 0 atom stereocenters. The van der Waals surface area contributed by atoms with Gasteiger partial charge in [0.25, 0.3) is 0 Å². The molecule has 6 heteroatoms. The molecule has 23 heavy (non-hydrogen) atoms. The van der Waals surface area contributed by atoms with Crippen LogP contribution >= 0.6 is 0 Å². The fourth-order valence-corrected chi connectivity index (χ4v) is 2.49. The Morgan fingerprint density at radius 3 is 2.52 bits per heavy atom. The topological polar surface area (TPSA) is 38.2 Å². The van der Waals surface area contributed by atoms with Crippen molar-refractivity contribution in [2.24, 2.45) is 0 Å². The molecular weight excluding hydrogens is 320 g/mol. The molecule has 4 nitrogen and oxygen atoms in total. The van der Waals surface area contributed by atoms with Gasteiger partial charge in [0.15, 0.2) is 17.4 Å². The molecule has 0 N–H and O–H groups in total. The fourth-order valence-electron chi connectivity index (χ4n) is 2.49. The predicted octanol–water partition coefficient (Wildman–Crippen LogP) is -0.239. The Balaban J connectivity index is 0.00000144. The molecule has 0 radical (unpaired) electrons. The summed E-state index contributed by atoms with van der Waals surface area (Å²) in [6.45, 7) is 1.59. The van der Waals surface area contributed by atoms with Crippen LogP contribution in [0.25, 0.3) is 0 Å². The van der Waals surface area contributed by atoms with Gasteiger partial charge in [-0.25, -0.2) is 4.39 Å². The summed E-state index contributed by atoms with van der Waals surface area (Å²) in [4.78, 5) is 2.13. The quantitative estimate of drug-likeness (QED) is 0.572. The number of piperidine rings is 1. The molecule has 114 valence electrons. The molecule has 1 aliphatic heterocycles. The average Bonchev–Trinajstić information content (AvgIpc) is 2.58. The zero-order valence-electron chi connectivity index (χ0n) is 14.1. The van der Waals surface area contributed by atoms with Crippen molar-refractivity contribution in [3.63, 3.8) is 0 Å². The maximum atomic E-state index is 13.6. The van der Waals surface area contributed by atoms with Crippen molar-refractivity contribution in [1.29, 1.82) is 0 Å². The van der Waals surface area contributed by atoms with Crippen molar-refractivity contribution in [3.8, 4) is 18.1 Å². The number of halogens is 1. The van der Waals surface area contributed by atoms with E-state index in [4.69, 9.17) is 11.2 Å². The third kappa shape index (κ3) is 4.75. The molecule has 0 saturated carbocycles. The molecule has 1 aromatic carbocycles. The molecule has 1 aromatic heterocycles. The predicted molar refractivity (Wildman–Crippen MR) is 83.3 cm³/mol. The van der Waals surface area contributed by atoms with Crippen molar-refractivity contribution in [2.45, 2.75) is 18.9 Å². The van der Waals surface area contributed by atoms with Gasteiger partial charge in [-0.2, -0.15) is 0 Å². The van der Waals surface area contributed by atoms with E-state index in [0.717, 1.165) is 31.7 Å². The number of nitrogens with zero attached hydrogens (tertiary/aromatic N) is 3. The zero-order valence-corrected chi connectivity index (χ0v) is 16.2. The molecule has 3 rings (SSSR count). The minimum atomic E-state index is -0.319. The van der Waals surface area contributed by atoms with E-state index in [1.165, 1.54) is 6.07 Å². The van der Waals surface area contributed by atoms with E-state index in [1.807, 2.05) is 6.07 Å². The maximum absolute atomic E-state index is 13.6. The Bertz CT molecular complexity index is 685. The number of ether oxygens (including phenoxy) is 1. The van der Waals surface area contributed by atoms with E-state index >= 15 is 0 Å². The number of hydrogen-bond acceptors (Lipinski definition) is 4. The molecule has 1 aliphatic rings. The van der Waals surface area contributed by atoms with Crippen molar-refractivity contribution in [3.05, 3.63) is 47.9 Å². The van der Waals surface area contributed by atoms with Gasteiger partial charge in [0.2, 0.25) is 0 Å². The van der Waals surface area contributed by atoms with E-state index < -0.39 is 0 Å². The Labute approximate surface area is 179 Å². The van der Waals surface area contributed by atoms with Crippen LogP contribution in [0.1, 0.15) is 20.0 Å². The molecular formula is C17H17FKN3O. The summed E-state index contributed by atoms with van der Waals surface area (Å²) in [6.07, 6.45) is 6.91. The summed E-state index contributed by atoms with van der Waals surface area (Å²) in [5.74, 6) is 3.26. The van der Waals surface area contributed by atoms with Gasteiger partial charge in [-0.1, -0.05) is 12.1 Å². The number of para-hydroxylation sites is 1. The molecule has 1 saturated heterocycles. The van der Waals surface area contributed by atoms with Crippen LogP contribution in [0.2, 0.25) is 0 Å². The van der Waals surface area contributed by atoms with Gasteiger partial charge >= 0.3 is 51.4 Å². The SMILES string of the molecule is C#Cc1ccc(N2CCC(Oc3ccccc3F)CC2)nn1.[H-].[K+]. The molecule has 2 aromatic rings. The zero-order chi connectivity index (χ0) is 15.4. The van der Waals surface area contributed by atoms with Crippen LogP contribution in [0.15, 0.2) is 36.4 Å². The number of aromatic nitrogens is 2. The van der Waals surface area contributed by atoms with E-state index in [1.54, 1.807) is 24.3 Å². The second kappa shape index (κ2) is 8.76. The Kier molecular flexibility index (Phi) is 7.00. The Morgan fingerprint density at radius 1 is 1.17 bits per heavy atom. The second-order valence-corrected chi connectivity index (χ2v) is 5.16. The van der Waals surface area contributed by atoms with Gasteiger partial charge in [0, 0.05) is 25.9 Å². The first-order valence-electron chi connectivity index (χ1n) is 7.23. The average molecular weight is 337 g/mol. The molecule has 1 fully saturated rings. The number of benzene rings is 1. The molecule has 0 unspecified atom stereocenters. The van der Waals surface area contributed by atoms with Gasteiger partial charge in [0.05, 0.1) is 0 Å². The van der Waals surface area contributed by atoms with Crippen LogP contribution < -0.4 is 61.0 Å².